The summed E-state index contributed by atoms with van der Waals surface area (Å²) >= 11 is 6.94. The topological polar surface area (TPSA) is 72.3 Å². The Balaban J connectivity index is 2.34. The van der Waals surface area contributed by atoms with E-state index in [2.05, 4.69) is 11.8 Å². The van der Waals surface area contributed by atoms with E-state index < -0.39 is 0 Å². The number of rotatable bonds is 5. The Hall–Kier alpha value is -1.27. The van der Waals surface area contributed by atoms with Gasteiger partial charge in [-0.3, -0.25) is 4.79 Å². The van der Waals surface area contributed by atoms with Crippen molar-refractivity contribution < 1.29 is 4.79 Å². The number of carbonyl (C=O) groups is 1. The highest BCUT2D eigenvalue weighted by Crippen LogP contribution is 2.33. The zero-order chi connectivity index (χ0) is 14.7. The molecular weight excluding hydrogens is 290 g/mol. The molecule has 1 heterocycles. The van der Waals surface area contributed by atoms with E-state index >= 15 is 0 Å². The van der Waals surface area contributed by atoms with Crippen molar-refractivity contribution in [3.05, 3.63) is 23.8 Å². The van der Waals surface area contributed by atoms with Gasteiger partial charge in [-0.05, 0) is 24.3 Å². The lowest BCUT2D eigenvalue weighted by Gasteiger charge is -2.23. The molecule has 1 saturated heterocycles. The number of nitrogens with zero attached hydrogens (tertiary/aromatic N) is 1. The maximum atomic E-state index is 11.3. The molecule has 0 aromatic heterocycles. The van der Waals surface area contributed by atoms with Crippen molar-refractivity contribution in [2.75, 3.05) is 23.7 Å². The molecule has 4 nitrogen and oxygen atoms in total. The molecule has 1 amide bonds. The first-order valence-corrected chi connectivity index (χ1v) is 8.03. The van der Waals surface area contributed by atoms with Crippen molar-refractivity contribution in [1.29, 1.82) is 0 Å². The molecule has 1 aromatic rings. The first kappa shape index (κ1) is 15.1. The second-order valence-electron chi connectivity index (χ2n) is 4.78. The Morgan fingerprint density at radius 2 is 2.25 bits per heavy atom. The summed E-state index contributed by atoms with van der Waals surface area (Å²) in [5.41, 5.74) is 13.2. The van der Waals surface area contributed by atoms with Gasteiger partial charge in [0.2, 0.25) is 5.91 Å². The third-order valence-corrected chi connectivity index (χ3v) is 4.63. The van der Waals surface area contributed by atoms with Gasteiger partial charge in [-0.25, -0.2) is 0 Å². The zero-order valence-electron chi connectivity index (χ0n) is 11.5. The number of nitrogens with two attached hydrogens (primary N) is 2. The van der Waals surface area contributed by atoms with E-state index in [1.807, 2.05) is 18.2 Å². The van der Waals surface area contributed by atoms with Crippen LogP contribution in [0.1, 0.15) is 18.9 Å². The van der Waals surface area contributed by atoms with Crippen molar-refractivity contribution in [3.63, 3.8) is 0 Å². The Kier molecular flexibility index (Phi) is 4.88. The van der Waals surface area contributed by atoms with Crippen LogP contribution in [0.4, 0.5) is 5.69 Å². The second-order valence-corrected chi connectivity index (χ2v) is 6.53. The third kappa shape index (κ3) is 3.07. The molecular formula is C14H19N3OS2. The number of hydrogen-bond donors (Lipinski definition) is 2. The van der Waals surface area contributed by atoms with Gasteiger partial charge in [0.1, 0.15) is 4.99 Å². The maximum Gasteiger partial charge on any atom is 0.222 e. The van der Waals surface area contributed by atoms with Gasteiger partial charge in [-0.2, -0.15) is 0 Å². The van der Waals surface area contributed by atoms with Gasteiger partial charge >= 0.3 is 0 Å². The molecule has 1 aliphatic heterocycles. The largest absolute Gasteiger partial charge is 0.389 e. The Bertz CT molecular complexity index is 533. The first-order chi connectivity index (χ1) is 9.54. The zero-order valence-corrected chi connectivity index (χ0v) is 13.1. The number of amides is 1. The first-order valence-electron chi connectivity index (χ1n) is 6.64. The van der Waals surface area contributed by atoms with Crippen LogP contribution in [-0.2, 0) is 4.79 Å². The number of benzene rings is 1. The summed E-state index contributed by atoms with van der Waals surface area (Å²) < 4.78 is 0. The van der Waals surface area contributed by atoms with Crippen molar-refractivity contribution in [1.82, 2.24) is 0 Å². The van der Waals surface area contributed by atoms with Crippen LogP contribution in [0.5, 0.6) is 0 Å². The molecule has 0 radical (unpaired) electrons. The van der Waals surface area contributed by atoms with E-state index in [1.54, 1.807) is 11.8 Å². The Morgan fingerprint density at radius 1 is 1.50 bits per heavy atom. The minimum absolute atomic E-state index is 0.0864. The minimum atomic E-state index is -0.233. The molecule has 1 fully saturated rings. The number of carbonyl (C=O) groups excluding carboxylic acids is 1. The van der Waals surface area contributed by atoms with E-state index in [4.69, 9.17) is 23.7 Å². The van der Waals surface area contributed by atoms with Gasteiger partial charge < -0.3 is 16.4 Å². The monoisotopic (exact) mass is 309 g/mol. The van der Waals surface area contributed by atoms with Gasteiger partial charge in [-0.15, -0.1) is 11.8 Å². The Morgan fingerprint density at radius 3 is 2.80 bits per heavy atom. The van der Waals surface area contributed by atoms with Gasteiger partial charge in [-0.1, -0.05) is 25.2 Å². The van der Waals surface area contributed by atoms with E-state index in [-0.39, 0.29) is 11.8 Å². The van der Waals surface area contributed by atoms with E-state index in [1.165, 1.54) is 0 Å². The molecule has 0 saturated carbocycles. The van der Waals surface area contributed by atoms with Crippen LogP contribution in [0, 0.1) is 5.92 Å². The van der Waals surface area contributed by atoms with Crippen LogP contribution in [0.25, 0.3) is 0 Å². The summed E-state index contributed by atoms with van der Waals surface area (Å²) in [6, 6.07) is 6.05. The van der Waals surface area contributed by atoms with Crippen LogP contribution in [-0.4, -0.2) is 29.7 Å². The molecule has 108 valence electrons. The number of anilines is 1. The smallest absolute Gasteiger partial charge is 0.222 e. The van der Waals surface area contributed by atoms with Crippen molar-refractivity contribution >= 4 is 40.6 Å². The predicted molar refractivity (Wildman–Crippen MR) is 88.2 cm³/mol. The molecule has 1 atom stereocenters. The molecule has 0 aliphatic carbocycles. The highest BCUT2D eigenvalue weighted by atomic mass is 32.2. The molecule has 2 rings (SSSR count). The van der Waals surface area contributed by atoms with Crippen molar-refractivity contribution in [2.45, 2.75) is 18.2 Å². The lowest BCUT2D eigenvalue weighted by atomic mass is 10.1. The summed E-state index contributed by atoms with van der Waals surface area (Å²) in [7, 11) is 0. The lowest BCUT2D eigenvalue weighted by molar-refractivity contribution is -0.121. The fourth-order valence-corrected chi connectivity index (χ4v) is 3.64. The third-order valence-electron chi connectivity index (χ3n) is 3.48. The highest BCUT2D eigenvalue weighted by molar-refractivity contribution is 7.99. The fraction of sp³-hybridized carbons (Fsp3) is 0.429. The normalized spacial score (nSPS) is 18.2. The number of thiocarbonyl (C=S) groups is 1. The lowest BCUT2D eigenvalue weighted by Crippen LogP contribution is -2.28. The van der Waals surface area contributed by atoms with Gasteiger partial charge in [0.05, 0.1) is 5.92 Å². The van der Waals surface area contributed by atoms with Crippen LogP contribution < -0.4 is 16.4 Å². The van der Waals surface area contributed by atoms with Crippen molar-refractivity contribution in [2.24, 2.45) is 17.4 Å². The summed E-state index contributed by atoms with van der Waals surface area (Å²) in [5.74, 6) is 0.642. The second kappa shape index (κ2) is 6.45. The van der Waals surface area contributed by atoms with Crippen LogP contribution >= 0.6 is 24.0 Å². The standard InChI is InChI=1S/C14H19N3OS2/c1-2-20-11-5-3-4-10(12(11)14(16)19)17-7-6-9(8-17)13(15)18/h3-5,9H,2,6-8H2,1H3,(H2,15,18)(H2,16,19). The summed E-state index contributed by atoms with van der Waals surface area (Å²) in [6.07, 6.45) is 0.789. The van der Waals surface area contributed by atoms with Crippen LogP contribution in [0.15, 0.2) is 23.1 Å². The van der Waals surface area contributed by atoms with Crippen LogP contribution in [0.3, 0.4) is 0 Å². The molecule has 20 heavy (non-hydrogen) atoms. The summed E-state index contributed by atoms with van der Waals surface area (Å²) in [5, 5.41) is 0. The minimum Gasteiger partial charge on any atom is -0.389 e. The number of hydrogen-bond acceptors (Lipinski definition) is 4. The van der Waals surface area contributed by atoms with Crippen molar-refractivity contribution in [3.8, 4) is 0 Å². The van der Waals surface area contributed by atoms with Gasteiger partial charge in [0.15, 0.2) is 0 Å². The molecule has 4 N–H and O–H groups in total. The molecule has 0 bridgehead atoms. The van der Waals surface area contributed by atoms with Gasteiger partial charge in [0.25, 0.3) is 0 Å². The maximum absolute atomic E-state index is 11.3. The predicted octanol–water partition coefficient (Wildman–Crippen LogP) is 1.74. The number of thioether (sulfide) groups is 1. The fourth-order valence-electron chi connectivity index (χ4n) is 2.52. The Labute approximate surface area is 128 Å². The van der Waals surface area contributed by atoms with Gasteiger partial charge in [0, 0.05) is 29.2 Å². The SMILES string of the molecule is CCSc1cccc(N2CCC(C(N)=O)C2)c1C(N)=S. The quantitative estimate of drug-likeness (QED) is 0.640. The van der Waals surface area contributed by atoms with Crippen LogP contribution in [0.2, 0.25) is 0 Å². The molecule has 1 aliphatic rings. The van der Waals surface area contributed by atoms with E-state index in [9.17, 15) is 4.79 Å². The average Bonchev–Trinajstić information content (AvgIpc) is 2.88. The van der Waals surface area contributed by atoms with E-state index in [0.29, 0.717) is 11.5 Å². The highest BCUT2D eigenvalue weighted by Gasteiger charge is 2.28. The average molecular weight is 309 g/mol. The van der Waals surface area contributed by atoms with E-state index in [0.717, 1.165) is 34.9 Å². The number of primary amides is 1. The summed E-state index contributed by atoms with van der Waals surface area (Å²) in [4.78, 5) is 15.0. The molecule has 1 aromatic carbocycles. The summed E-state index contributed by atoms with van der Waals surface area (Å²) in [6.45, 7) is 3.55. The molecule has 1 unspecified atom stereocenters. The molecule has 0 spiro atoms. The molecule has 6 heteroatoms.